The molecule has 2 atom stereocenters. The fourth-order valence-corrected chi connectivity index (χ4v) is 3.48. The topological polar surface area (TPSA) is 29.9 Å². The molecule has 3 nitrogen and oxygen atoms in total. The standard InChI is InChI=1S/C17H24FN3/c1-3-21-16-7-6-14(18)10-15(16)20-17(21)9-12(2)13-5-4-8-19-11-13/h6-7,10,12-13,19H,3-5,8-9,11H2,1-2H3. The van der Waals surface area contributed by atoms with E-state index in [1.54, 1.807) is 0 Å². The van der Waals surface area contributed by atoms with Crippen molar-refractivity contribution in [3.8, 4) is 0 Å². The third kappa shape index (κ3) is 2.95. The summed E-state index contributed by atoms with van der Waals surface area (Å²) in [5, 5.41) is 3.49. The van der Waals surface area contributed by atoms with Crippen LogP contribution in [0.15, 0.2) is 18.2 Å². The maximum absolute atomic E-state index is 13.4. The highest BCUT2D eigenvalue weighted by Crippen LogP contribution is 2.25. The lowest BCUT2D eigenvalue weighted by Crippen LogP contribution is -2.34. The van der Waals surface area contributed by atoms with Crippen LogP contribution in [0.1, 0.15) is 32.5 Å². The normalized spacial score (nSPS) is 20.8. The second-order valence-corrected chi connectivity index (χ2v) is 6.19. The fraction of sp³-hybridized carbons (Fsp3) is 0.588. The van der Waals surface area contributed by atoms with Crippen LogP contribution in [0.2, 0.25) is 0 Å². The SMILES string of the molecule is CCn1c(CC(C)C2CCCNC2)nc2cc(F)ccc21. The Morgan fingerprint density at radius 2 is 2.33 bits per heavy atom. The molecule has 1 fully saturated rings. The second kappa shape index (κ2) is 6.14. The molecule has 2 unspecified atom stereocenters. The number of nitrogens with one attached hydrogen (secondary N) is 1. The molecule has 0 spiro atoms. The largest absolute Gasteiger partial charge is 0.328 e. The molecule has 1 aromatic carbocycles. The zero-order chi connectivity index (χ0) is 14.8. The molecule has 3 rings (SSSR count). The van der Waals surface area contributed by atoms with Gasteiger partial charge in [0.25, 0.3) is 0 Å². The van der Waals surface area contributed by atoms with E-state index in [1.165, 1.54) is 25.0 Å². The van der Waals surface area contributed by atoms with E-state index in [2.05, 4.69) is 28.7 Å². The molecular formula is C17H24FN3. The van der Waals surface area contributed by atoms with Gasteiger partial charge in [0.05, 0.1) is 11.0 Å². The molecule has 21 heavy (non-hydrogen) atoms. The predicted octanol–water partition coefficient (Wildman–Crippen LogP) is 3.37. The molecule has 1 aliphatic heterocycles. The summed E-state index contributed by atoms with van der Waals surface area (Å²) >= 11 is 0. The monoisotopic (exact) mass is 289 g/mol. The molecule has 2 aromatic rings. The van der Waals surface area contributed by atoms with Gasteiger partial charge in [-0.15, -0.1) is 0 Å². The Hall–Kier alpha value is -1.42. The van der Waals surface area contributed by atoms with E-state index < -0.39 is 0 Å². The quantitative estimate of drug-likeness (QED) is 0.935. The first kappa shape index (κ1) is 14.5. The number of rotatable bonds is 4. The molecule has 1 aromatic heterocycles. The summed E-state index contributed by atoms with van der Waals surface area (Å²) in [5.41, 5.74) is 1.82. The van der Waals surface area contributed by atoms with Crippen molar-refractivity contribution in [1.29, 1.82) is 0 Å². The summed E-state index contributed by atoms with van der Waals surface area (Å²) in [6.07, 6.45) is 3.54. The number of aryl methyl sites for hydroxylation is 1. The zero-order valence-corrected chi connectivity index (χ0v) is 12.9. The summed E-state index contributed by atoms with van der Waals surface area (Å²) in [6, 6.07) is 4.91. The highest BCUT2D eigenvalue weighted by atomic mass is 19.1. The number of piperidine rings is 1. The van der Waals surface area contributed by atoms with Crippen molar-refractivity contribution in [3.63, 3.8) is 0 Å². The predicted molar refractivity (Wildman–Crippen MR) is 83.8 cm³/mol. The maximum Gasteiger partial charge on any atom is 0.125 e. The molecule has 0 saturated carbocycles. The van der Waals surface area contributed by atoms with Gasteiger partial charge in [-0.1, -0.05) is 6.92 Å². The van der Waals surface area contributed by atoms with Crippen LogP contribution in [-0.2, 0) is 13.0 Å². The average molecular weight is 289 g/mol. The van der Waals surface area contributed by atoms with Crippen molar-refractivity contribution in [3.05, 3.63) is 29.8 Å². The Kier molecular flexibility index (Phi) is 4.24. The lowest BCUT2D eigenvalue weighted by atomic mass is 9.85. The van der Waals surface area contributed by atoms with E-state index in [0.29, 0.717) is 5.92 Å². The van der Waals surface area contributed by atoms with Crippen LogP contribution in [0.4, 0.5) is 4.39 Å². The van der Waals surface area contributed by atoms with Crippen LogP contribution in [0, 0.1) is 17.7 Å². The van der Waals surface area contributed by atoms with Gasteiger partial charge < -0.3 is 9.88 Å². The van der Waals surface area contributed by atoms with Gasteiger partial charge in [-0.2, -0.15) is 0 Å². The molecule has 1 N–H and O–H groups in total. The van der Waals surface area contributed by atoms with Gasteiger partial charge in [-0.3, -0.25) is 0 Å². The molecule has 2 heterocycles. The molecule has 114 valence electrons. The van der Waals surface area contributed by atoms with Gasteiger partial charge in [0.2, 0.25) is 0 Å². The highest BCUT2D eigenvalue weighted by molar-refractivity contribution is 5.76. The van der Waals surface area contributed by atoms with E-state index >= 15 is 0 Å². The van der Waals surface area contributed by atoms with Gasteiger partial charge >= 0.3 is 0 Å². The van der Waals surface area contributed by atoms with Crippen LogP contribution in [0.3, 0.4) is 0 Å². The van der Waals surface area contributed by atoms with E-state index in [-0.39, 0.29) is 5.82 Å². The van der Waals surface area contributed by atoms with Crippen LogP contribution in [0.25, 0.3) is 11.0 Å². The number of hydrogen-bond acceptors (Lipinski definition) is 2. The Bertz CT molecular complexity index is 614. The summed E-state index contributed by atoms with van der Waals surface area (Å²) < 4.78 is 15.6. The van der Waals surface area contributed by atoms with Crippen LogP contribution < -0.4 is 5.32 Å². The fourth-order valence-electron chi connectivity index (χ4n) is 3.48. The maximum atomic E-state index is 13.4. The van der Waals surface area contributed by atoms with Crippen molar-refractivity contribution >= 4 is 11.0 Å². The number of benzene rings is 1. The first-order valence-electron chi connectivity index (χ1n) is 8.04. The van der Waals surface area contributed by atoms with Crippen LogP contribution >= 0.6 is 0 Å². The Morgan fingerprint density at radius 3 is 3.05 bits per heavy atom. The van der Waals surface area contributed by atoms with Gasteiger partial charge in [0.1, 0.15) is 11.6 Å². The summed E-state index contributed by atoms with van der Waals surface area (Å²) in [5.74, 6) is 2.21. The Morgan fingerprint density at radius 1 is 1.48 bits per heavy atom. The molecule has 0 bridgehead atoms. The number of imidazole rings is 1. The number of fused-ring (bicyclic) bond motifs is 1. The second-order valence-electron chi connectivity index (χ2n) is 6.19. The van der Waals surface area contributed by atoms with Crippen molar-refractivity contribution in [2.45, 2.75) is 39.7 Å². The summed E-state index contributed by atoms with van der Waals surface area (Å²) in [7, 11) is 0. The number of nitrogens with zero attached hydrogens (tertiary/aromatic N) is 2. The van der Waals surface area contributed by atoms with E-state index in [9.17, 15) is 4.39 Å². The molecule has 0 radical (unpaired) electrons. The van der Waals surface area contributed by atoms with Gasteiger partial charge in [-0.05, 0) is 56.8 Å². The van der Waals surface area contributed by atoms with Crippen molar-refractivity contribution in [2.24, 2.45) is 11.8 Å². The van der Waals surface area contributed by atoms with Crippen molar-refractivity contribution in [1.82, 2.24) is 14.9 Å². The molecule has 0 aliphatic carbocycles. The number of halogens is 1. The van der Waals surface area contributed by atoms with Crippen molar-refractivity contribution < 1.29 is 4.39 Å². The first-order valence-corrected chi connectivity index (χ1v) is 8.04. The van der Waals surface area contributed by atoms with Crippen molar-refractivity contribution in [2.75, 3.05) is 13.1 Å². The Labute approximate surface area is 125 Å². The average Bonchev–Trinajstić information content (AvgIpc) is 2.84. The van der Waals surface area contributed by atoms with E-state index in [0.717, 1.165) is 48.8 Å². The summed E-state index contributed by atoms with van der Waals surface area (Å²) in [4.78, 5) is 4.68. The lowest BCUT2D eigenvalue weighted by Gasteiger charge is -2.28. The molecule has 0 amide bonds. The van der Waals surface area contributed by atoms with Crippen LogP contribution in [-0.4, -0.2) is 22.6 Å². The van der Waals surface area contributed by atoms with Gasteiger partial charge in [0, 0.05) is 19.0 Å². The summed E-state index contributed by atoms with van der Waals surface area (Å²) in [6.45, 7) is 7.59. The molecule has 1 saturated heterocycles. The molecular weight excluding hydrogens is 265 g/mol. The van der Waals surface area contributed by atoms with Gasteiger partial charge in [0.15, 0.2) is 0 Å². The number of aromatic nitrogens is 2. The molecule has 1 aliphatic rings. The third-order valence-electron chi connectivity index (χ3n) is 4.75. The lowest BCUT2D eigenvalue weighted by molar-refractivity contribution is 0.274. The van der Waals surface area contributed by atoms with E-state index in [1.807, 2.05) is 6.07 Å². The number of hydrogen-bond donors (Lipinski definition) is 1. The first-order chi connectivity index (χ1) is 10.2. The zero-order valence-electron chi connectivity index (χ0n) is 12.9. The minimum absolute atomic E-state index is 0.209. The smallest absolute Gasteiger partial charge is 0.125 e. The highest BCUT2D eigenvalue weighted by Gasteiger charge is 2.22. The van der Waals surface area contributed by atoms with Gasteiger partial charge in [-0.25, -0.2) is 9.37 Å². The molecule has 4 heteroatoms. The minimum atomic E-state index is -0.209. The van der Waals surface area contributed by atoms with E-state index in [4.69, 9.17) is 0 Å². The third-order valence-corrected chi connectivity index (χ3v) is 4.75. The minimum Gasteiger partial charge on any atom is -0.328 e. The Balaban J connectivity index is 1.85. The van der Waals surface area contributed by atoms with Crippen LogP contribution in [0.5, 0.6) is 0 Å².